The second-order valence-corrected chi connectivity index (χ2v) is 5.51. The number of hydrogen-bond donors (Lipinski definition) is 1. The van der Waals surface area contributed by atoms with Crippen molar-refractivity contribution in [2.24, 2.45) is 0 Å². The van der Waals surface area contributed by atoms with Crippen molar-refractivity contribution in [2.75, 3.05) is 0 Å². The zero-order chi connectivity index (χ0) is 11.8. The maximum absolute atomic E-state index is 10.8. The number of carboxylic acid groups (broad SMARTS) is 1. The molecule has 0 aliphatic rings. The highest BCUT2D eigenvalue weighted by atomic mass is 32.1. The van der Waals surface area contributed by atoms with Gasteiger partial charge in [0.2, 0.25) is 0 Å². The molecule has 2 rings (SSSR count). The van der Waals surface area contributed by atoms with Gasteiger partial charge in [-0.2, -0.15) is 0 Å². The normalized spacial score (nSPS) is 11.9. The van der Waals surface area contributed by atoms with Crippen LogP contribution in [0.1, 0.15) is 25.8 Å². The fourth-order valence-corrected chi connectivity index (χ4v) is 3.13. The van der Waals surface area contributed by atoms with E-state index in [1.54, 1.807) is 11.3 Å². The maximum Gasteiger partial charge on any atom is 0.304 e. The first-order valence-corrected chi connectivity index (χ1v) is 6.07. The molecular formula is C13H14O2S. The summed E-state index contributed by atoms with van der Waals surface area (Å²) in [5.74, 6) is -0.750. The van der Waals surface area contributed by atoms with E-state index in [2.05, 4.69) is 17.5 Å². The zero-order valence-corrected chi connectivity index (χ0v) is 10.2. The first-order valence-electron chi connectivity index (χ1n) is 5.19. The fourth-order valence-electron chi connectivity index (χ4n) is 1.98. The average molecular weight is 234 g/mol. The molecule has 0 bridgehead atoms. The van der Waals surface area contributed by atoms with Crippen LogP contribution in [0.15, 0.2) is 29.6 Å². The highest BCUT2D eigenvalue weighted by Crippen LogP contribution is 2.36. The summed E-state index contributed by atoms with van der Waals surface area (Å²) in [5, 5.41) is 12.2. The number of carbonyl (C=O) groups is 1. The number of benzene rings is 1. The van der Waals surface area contributed by atoms with Crippen molar-refractivity contribution in [3.8, 4) is 0 Å². The first kappa shape index (κ1) is 11.1. The summed E-state index contributed by atoms with van der Waals surface area (Å²) in [4.78, 5) is 10.8. The van der Waals surface area contributed by atoms with Gasteiger partial charge in [0.05, 0.1) is 6.42 Å². The minimum atomic E-state index is -0.750. The molecule has 1 aromatic carbocycles. The van der Waals surface area contributed by atoms with Gasteiger partial charge in [-0.3, -0.25) is 4.79 Å². The summed E-state index contributed by atoms with van der Waals surface area (Å²) >= 11 is 1.67. The topological polar surface area (TPSA) is 37.3 Å². The third-order valence-electron chi connectivity index (χ3n) is 2.80. The average Bonchev–Trinajstić information content (AvgIpc) is 2.59. The molecular weight excluding hydrogens is 220 g/mol. The Bertz CT molecular complexity index is 525. The van der Waals surface area contributed by atoms with Crippen LogP contribution in [-0.4, -0.2) is 11.1 Å². The van der Waals surface area contributed by atoms with Crippen molar-refractivity contribution in [1.29, 1.82) is 0 Å². The minimum absolute atomic E-state index is 0.160. The van der Waals surface area contributed by atoms with E-state index in [1.807, 2.05) is 26.0 Å². The lowest BCUT2D eigenvalue weighted by atomic mass is 9.81. The molecule has 16 heavy (non-hydrogen) atoms. The Balaban J connectivity index is 2.50. The molecule has 0 amide bonds. The van der Waals surface area contributed by atoms with Crippen molar-refractivity contribution < 1.29 is 9.90 Å². The van der Waals surface area contributed by atoms with Crippen LogP contribution in [0.5, 0.6) is 0 Å². The van der Waals surface area contributed by atoms with Gasteiger partial charge < -0.3 is 5.11 Å². The molecule has 0 spiro atoms. The predicted molar refractivity (Wildman–Crippen MR) is 67.1 cm³/mol. The van der Waals surface area contributed by atoms with Crippen LogP contribution in [0.2, 0.25) is 0 Å². The fraction of sp³-hybridized carbons (Fsp3) is 0.308. The number of thiophene rings is 1. The van der Waals surface area contributed by atoms with Crippen LogP contribution in [0, 0.1) is 0 Å². The molecule has 1 N–H and O–H groups in total. The summed E-state index contributed by atoms with van der Waals surface area (Å²) in [6.45, 7) is 3.96. The van der Waals surface area contributed by atoms with Gasteiger partial charge in [-0.25, -0.2) is 0 Å². The Morgan fingerprint density at radius 2 is 2.06 bits per heavy atom. The van der Waals surface area contributed by atoms with E-state index in [0.29, 0.717) is 0 Å². The van der Waals surface area contributed by atoms with E-state index < -0.39 is 5.97 Å². The van der Waals surface area contributed by atoms with Crippen molar-refractivity contribution in [3.05, 3.63) is 35.2 Å². The van der Waals surface area contributed by atoms with Gasteiger partial charge in [0.25, 0.3) is 0 Å². The van der Waals surface area contributed by atoms with Gasteiger partial charge >= 0.3 is 5.97 Å². The summed E-state index contributed by atoms with van der Waals surface area (Å²) in [7, 11) is 0. The quantitative estimate of drug-likeness (QED) is 0.880. The van der Waals surface area contributed by atoms with E-state index >= 15 is 0 Å². The van der Waals surface area contributed by atoms with Crippen LogP contribution < -0.4 is 0 Å². The van der Waals surface area contributed by atoms with Gasteiger partial charge in [-0.05, 0) is 22.4 Å². The number of fused-ring (bicyclic) bond motifs is 1. The van der Waals surface area contributed by atoms with Gasteiger partial charge in [-0.15, -0.1) is 11.3 Å². The molecule has 0 saturated heterocycles. The third kappa shape index (κ3) is 1.95. The lowest BCUT2D eigenvalue weighted by Gasteiger charge is -2.22. The number of rotatable bonds is 3. The van der Waals surface area contributed by atoms with Crippen LogP contribution in [0.4, 0.5) is 0 Å². The highest BCUT2D eigenvalue weighted by Gasteiger charge is 2.26. The maximum atomic E-state index is 10.8. The largest absolute Gasteiger partial charge is 0.481 e. The predicted octanol–water partition coefficient (Wildman–Crippen LogP) is 3.65. The Morgan fingerprint density at radius 3 is 2.75 bits per heavy atom. The van der Waals surface area contributed by atoms with Crippen molar-refractivity contribution in [1.82, 2.24) is 0 Å². The smallest absolute Gasteiger partial charge is 0.304 e. The molecule has 0 unspecified atom stereocenters. The Labute approximate surface area is 98.5 Å². The molecule has 84 valence electrons. The first-order chi connectivity index (χ1) is 7.50. The summed E-state index contributed by atoms with van der Waals surface area (Å²) in [6.07, 6.45) is 0.160. The summed E-state index contributed by atoms with van der Waals surface area (Å²) in [6, 6.07) is 8.13. The molecule has 1 heterocycles. The van der Waals surface area contributed by atoms with E-state index in [0.717, 1.165) is 5.56 Å². The molecule has 2 aromatic rings. The molecule has 0 atom stereocenters. The summed E-state index contributed by atoms with van der Waals surface area (Å²) in [5.41, 5.74) is 0.821. The minimum Gasteiger partial charge on any atom is -0.481 e. The zero-order valence-electron chi connectivity index (χ0n) is 9.36. The molecule has 0 saturated carbocycles. The van der Waals surface area contributed by atoms with Gasteiger partial charge in [-0.1, -0.05) is 32.0 Å². The monoisotopic (exact) mass is 234 g/mol. The van der Waals surface area contributed by atoms with E-state index in [1.165, 1.54) is 10.1 Å². The third-order valence-corrected chi connectivity index (χ3v) is 3.77. The molecule has 0 radical (unpaired) electrons. The Hall–Kier alpha value is -1.35. The Morgan fingerprint density at radius 1 is 1.38 bits per heavy atom. The van der Waals surface area contributed by atoms with Crippen LogP contribution in [0.3, 0.4) is 0 Å². The summed E-state index contributed by atoms with van der Waals surface area (Å²) < 4.78 is 1.22. The molecule has 0 fully saturated rings. The van der Waals surface area contributed by atoms with Crippen LogP contribution >= 0.6 is 11.3 Å². The van der Waals surface area contributed by atoms with Gasteiger partial charge in [0.1, 0.15) is 0 Å². The standard InChI is InChI=1S/C13H14O2S/c1-13(2,7-12(14)15)10-8-16-11-6-4-3-5-9(10)11/h3-6,8H,7H2,1-2H3,(H,14,15). The van der Waals surface area contributed by atoms with Crippen LogP contribution in [-0.2, 0) is 10.2 Å². The number of aliphatic carboxylic acids is 1. The molecule has 0 aliphatic carbocycles. The lowest BCUT2D eigenvalue weighted by Crippen LogP contribution is -2.21. The van der Waals surface area contributed by atoms with Gasteiger partial charge in [0, 0.05) is 10.1 Å². The van der Waals surface area contributed by atoms with Crippen molar-refractivity contribution in [2.45, 2.75) is 25.7 Å². The Kier molecular flexibility index (Phi) is 2.72. The molecule has 3 heteroatoms. The van der Waals surface area contributed by atoms with E-state index in [4.69, 9.17) is 5.11 Å². The van der Waals surface area contributed by atoms with Crippen LogP contribution in [0.25, 0.3) is 10.1 Å². The highest BCUT2D eigenvalue weighted by molar-refractivity contribution is 7.17. The van der Waals surface area contributed by atoms with E-state index in [9.17, 15) is 4.79 Å². The number of carboxylic acids is 1. The lowest BCUT2D eigenvalue weighted by molar-refractivity contribution is -0.138. The second kappa shape index (κ2) is 3.91. The number of hydrogen-bond acceptors (Lipinski definition) is 2. The molecule has 2 nitrogen and oxygen atoms in total. The second-order valence-electron chi connectivity index (χ2n) is 4.60. The van der Waals surface area contributed by atoms with Crippen molar-refractivity contribution >= 4 is 27.4 Å². The molecule has 0 aliphatic heterocycles. The van der Waals surface area contributed by atoms with E-state index in [-0.39, 0.29) is 11.8 Å². The SMILES string of the molecule is CC(C)(CC(=O)O)c1csc2ccccc12. The molecule has 1 aromatic heterocycles. The van der Waals surface area contributed by atoms with Crippen molar-refractivity contribution in [3.63, 3.8) is 0 Å². The van der Waals surface area contributed by atoms with Gasteiger partial charge in [0.15, 0.2) is 0 Å².